The molecule has 0 bridgehead atoms. The summed E-state index contributed by atoms with van der Waals surface area (Å²) in [7, 11) is 1.61. The highest BCUT2D eigenvalue weighted by Crippen LogP contribution is 2.40. The van der Waals surface area contributed by atoms with Crippen molar-refractivity contribution in [1.82, 2.24) is 5.32 Å². The fraction of sp³-hybridized carbons (Fsp3) is 0.333. The van der Waals surface area contributed by atoms with Crippen molar-refractivity contribution in [2.75, 3.05) is 13.7 Å². The van der Waals surface area contributed by atoms with Crippen LogP contribution in [0.4, 0.5) is 0 Å². The molecule has 0 aliphatic heterocycles. The van der Waals surface area contributed by atoms with Crippen LogP contribution in [0.25, 0.3) is 0 Å². The van der Waals surface area contributed by atoms with Crippen LogP contribution in [0.3, 0.4) is 0 Å². The number of fused-ring (bicyclic) bond motifs is 1. The van der Waals surface area contributed by atoms with Gasteiger partial charge in [0.1, 0.15) is 11.5 Å². The van der Waals surface area contributed by atoms with Crippen molar-refractivity contribution in [3.8, 4) is 11.5 Å². The van der Waals surface area contributed by atoms with E-state index < -0.39 is 0 Å². The van der Waals surface area contributed by atoms with Crippen LogP contribution in [0.5, 0.6) is 11.5 Å². The molecule has 0 fully saturated rings. The molecule has 0 saturated heterocycles. The van der Waals surface area contributed by atoms with E-state index in [0.29, 0.717) is 24.3 Å². The van der Waals surface area contributed by atoms with Crippen molar-refractivity contribution in [3.63, 3.8) is 0 Å². The maximum absolute atomic E-state index is 12.3. The van der Waals surface area contributed by atoms with Crippen LogP contribution in [-0.4, -0.2) is 25.4 Å². The lowest BCUT2D eigenvalue weighted by Gasteiger charge is -2.13. The summed E-state index contributed by atoms with van der Waals surface area (Å²) in [5, 5.41) is 2.82. The lowest BCUT2D eigenvalue weighted by molar-refractivity contribution is -0.123. The topological polar surface area (TPSA) is 64.6 Å². The lowest BCUT2D eigenvalue weighted by atomic mass is 9.97. The van der Waals surface area contributed by atoms with E-state index in [1.54, 1.807) is 13.2 Å². The van der Waals surface area contributed by atoms with Crippen LogP contribution in [-0.2, 0) is 11.3 Å². The fourth-order valence-corrected chi connectivity index (χ4v) is 3.37. The van der Waals surface area contributed by atoms with Gasteiger partial charge in [0.15, 0.2) is 12.4 Å². The first-order valence-electron chi connectivity index (χ1n) is 8.68. The number of ether oxygens (including phenoxy) is 2. The van der Waals surface area contributed by atoms with Gasteiger partial charge in [-0.25, -0.2) is 0 Å². The molecule has 5 heteroatoms. The molecule has 0 spiro atoms. The zero-order chi connectivity index (χ0) is 18.7. The molecule has 0 heterocycles. The average Bonchev–Trinajstić information content (AvgIpc) is 2.95. The third kappa shape index (κ3) is 3.72. The number of hydrogen-bond donors (Lipinski definition) is 1. The van der Waals surface area contributed by atoms with E-state index in [2.05, 4.69) is 5.32 Å². The van der Waals surface area contributed by atoms with Crippen LogP contribution in [0.2, 0.25) is 0 Å². The SMILES string of the molecule is COc1ccc(CNC(=O)COc2ccc(C)c3c2C(=O)C[C@@H]3C)cc1. The van der Waals surface area contributed by atoms with Crippen LogP contribution >= 0.6 is 0 Å². The van der Waals surface area contributed by atoms with Crippen molar-refractivity contribution >= 4 is 11.7 Å². The molecule has 2 aromatic carbocycles. The van der Waals surface area contributed by atoms with Crippen LogP contribution in [0.1, 0.15) is 46.3 Å². The maximum Gasteiger partial charge on any atom is 0.258 e. The maximum atomic E-state index is 12.3. The Balaban J connectivity index is 1.59. The van der Waals surface area contributed by atoms with Gasteiger partial charge in [-0.3, -0.25) is 9.59 Å². The second kappa shape index (κ2) is 7.60. The number of Topliss-reactive ketones (excluding diaryl/α,β-unsaturated/α-hetero) is 1. The lowest BCUT2D eigenvalue weighted by Crippen LogP contribution is -2.28. The summed E-state index contributed by atoms with van der Waals surface area (Å²) in [6.07, 6.45) is 0.500. The minimum atomic E-state index is -0.228. The van der Waals surface area contributed by atoms with Gasteiger partial charge in [-0.15, -0.1) is 0 Å². The molecule has 1 amide bonds. The number of amides is 1. The van der Waals surface area contributed by atoms with Gasteiger partial charge >= 0.3 is 0 Å². The standard InChI is InChI=1S/C21H23NO4/c1-13-4-9-18(21-17(23)10-14(2)20(13)21)26-12-19(24)22-11-15-5-7-16(25-3)8-6-15/h4-9,14H,10-12H2,1-3H3,(H,22,24)/t14-/m0/s1. The quantitative estimate of drug-likeness (QED) is 0.865. The second-order valence-electron chi connectivity index (χ2n) is 6.61. The monoisotopic (exact) mass is 353 g/mol. The number of hydrogen-bond acceptors (Lipinski definition) is 4. The van der Waals surface area contributed by atoms with Gasteiger partial charge in [0, 0.05) is 13.0 Å². The van der Waals surface area contributed by atoms with Gasteiger partial charge in [-0.05, 0) is 47.7 Å². The molecule has 136 valence electrons. The molecule has 26 heavy (non-hydrogen) atoms. The van der Waals surface area contributed by atoms with E-state index in [9.17, 15) is 9.59 Å². The third-order valence-electron chi connectivity index (χ3n) is 4.70. The van der Waals surface area contributed by atoms with Crippen LogP contribution in [0.15, 0.2) is 36.4 Å². The molecule has 1 atom stereocenters. The highest BCUT2D eigenvalue weighted by Gasteiger charge is 2.31. The summed E-state index contributed by atoms with van der Waals surface area (Å²) < 4.78 is 10.8. The highest BCUT2D eigenvalue weighted by atomic mass is 16.5. The third-order valence-corrected chi connectivity index (χ3v) is 4.70. The second-order valence-corrected chi connectivity index (χ2v) is 6.61. The summed E-state index contributed by atoms with van der Waals surface area (Å²) in [5.74, 6) is 1.33. The molecule has 1 aliphatic rings. The smallest absolute Gasteiger partial charge is 0.258 e. The van der Waals surface area contributed by atoms with Crippen molar-refractivity contribution in [1.29, 1.82) is 0 Å². The Morgan fingerprint density at radius 2 is 1.92 bits per heavy atom. The van der Waals surface area contributed by atoms with E-state index in [4.69, 9.17) is 9.47 Å². The Hall–Kier alpha value is -2.82. The Kier molecular flexibility index (Phi) is 5.26. The first kappa shape index (κ1) is 18.0. The number of ketones is 1. The first-order valence-corrected chi connectivity index (χ1v) is 8.68. The number of carbonyl (C=O) groups is 2. The Labute approximate surface area is 153 Å². The molecule has 3 rings (SSSR count). The number of nitrogens with one attached hydrogen (secondary N) is 1. The largest absolute Gasteiger partial charge is 0.497 e. The van der Waals surface area contributed by atoms with E-state index >= 15 is 0 Å². The zero-order valence-corrected chi connectivity index (χ0v) is 15.3. The number of rotatable bonds is 6. The van der Waals surface area contributed by atoms with Gasteiger partial charge in [0.25, 0.3) is 5.91 Å². The summed E-state index contributed by atoms with van der Waals surface area (Å²) in [4.78, 5) is 24.3. The molecule has 0 unspecified atom stereocenters. The van der Waals surface area contributed by atoms with E-state index in [1.165, 1.54) is 0 Å². The fourth-order valence-electron chi connectivity index (χ4n) is 3.37. The highest BCUT2D eigenvalue weighted by molar-refractivity contribution is 6.04. The van der Waals surface area contributed by atoms with Crippen molar-refractivity contribution in [2.24, 2.45) is 0 Å². The number of benzene rings is 2. The zero-order valence-electron chi connectivity index (χ0n) is 15.3. The van der Waals surface area contributed by atoms with Gasteiger partial charge in [-0.1, -0.05) is 25.1 Å². The average molecular weight is 353 g/mol. The Morgan fingerprint density at radius 1 is 1.19 bits per heavy atom. The van der Waals surface area contributed by atoms with E-state index in [1.807, 2.05) is 44.2 Å². The minimum Gasteiger partial charge on any atom is -0.497 e. The predicted molar refractivity (Wildman–Crippen MR) is 98.9 cm³/mol. The summed E-state index contributed by atoms with van der Waals surface area (Å²) in [5.41, 5.74) is 3.75. The van der Waals surface area contributed by atoms with E-state index in [-0.39, 0.29) is 24.2 Å². The predicted octanol–water partition coefficient (Wildman–Crippen LogP) is 3.39. The van der Waals surface area contributed by atoms with Gasteiger partial charge in [-0.2, -0.15) is 0 Å². The van der Waals surface area contributed by atoms with Crippen molar-refractivity contribution in [3.05, 3.63) is 58.7 Å². The summed E-state index contributed by atoms with van der Waals surface area (Å²) in [6, 6.07) is 11.2. The minimum absolute atomic E-state index is 0.0878. The molecular weight excluding hydrogens is 330 g/mol. The Morgan fingerprint density at radius 3 is 2.62 bits per heavy atom. The molecule has 0 radical (unpaired) electrons. The normalized spacial score (nSPS) is 15.5. The van der Waals surface area contributed by atoms with Crippen LogP contribution < -0.4 is 14.8 Å². The first-order chi connectivity index (χ1) is 12.5. The van der Waals surface area contributed by atoms with E-state index in [0.717, 1.165) is 22.4 Å². The number of aryl methyl sites for hydroxylation is 1. The molecule has 0 saturated carbocycles. The molecule has 1 aliphatic carbocycles. The van der Waals surface area contributed by atoms with Crippen molar-refractivity contribution < 1.29 is 19.1 Å². The summed E-state index contributed by atoms with van der Waals surface area (Å²) in [6.45, 7) is 4.34. The van der Waals surface area contributed by atoms with Crippen LogP contribution in [0, 0.1) is 6.92 Å². The number of methoxy groups -OCH3 is 1. The van der Waals surface area contributed by atoms with Gasteiger partial charge in [0.2, 0.25) is 0 Å². The molecule has 1 N–H and O–H groups in total. The molecule has 5 nitrogen and oxygen atoms in total. The van der Waals surface area contributed by atoms with Gasteiger partial charge in [0.05, 0.1) is 12.7 Å². The Bertz CT molecular complexity index is 827. The molecular formula is C21H23NO4. The molecule has 0 aromatic heterocycles. The number of carbonyl (C=O) groups excluding carboxylic acids is 2. The van der Waals surface area contributed by atoms with Crippen molar-refractivity contribution in [2.45, 2.75) is 32.7 Å². The molecule has 2 aromatic rings. The van der Waals surface area contributed by atoms with Gasteiger partial charge < -0.3 is 14.8 Å². The summed E-state index contributed by atoms with van der Waals surface area (Å²) >= 11 is 0.